The minimum atomic E-state index is -0.00123. The van der Waals surface area contributed by atoms with E-state index in [-0.39, 0.29) is 17.1 Å². The summed E-state index contributed by atoms with van der Waals surface area (Å²) >= 11 is 0. The summed E-state index contributed by atoms with van der Waals surface area (Å²) in [6.07, 6.45) is 0.209. The molecule has 0 aliphatic carbocycles. The van der Waals surface area contributed by atoms with Gasteiger partial charge in [-0.25, -0.2) is 0 Å². The minimum Gasteiger partial charge on any atom is -0.379 e. The number of hydrogen-bond acceptors (Lipinski definition) is 2. The van der Waals surface area contributed by atoms with Crippen LogP contribution in [0.3, 0.4) is 0 Å². The SMILES string of the molecule is COC1C(C)(C)NC(c2ccccc2)C1(C)C. The summed E-state index contributed by atoms with van der Waals surface area (Å²) in [6.45, 7) is 8.98. The normalized spacial score (nSPS) is 30.4. The maximum atomic E-state index is 5.73. The first kappa shape index (κ1) is 12.6. The van der Waals surface area contributed by atoms with Gasteiger partial charge in [-0.1, -0.05) is 44.2 Å². The van der Waals surface area contributed by atoms with Crippen molar-refractivity contribution in [1.29, 1.82) is 0 Å². The second-order valence-corrected chi connectivity index (χ2v) is 6.15. The lowest BCUT2D eigenvalue weighted by Gasteiger charge is -2.34. The standard InChI is InChI=1S/C15H23NO/c1-14(2)12(11-9-7-6-8-10-11)16-15(3,4)13(14)17-5/h6-10,12-13,16H,1-5H3. The zero-order valence-electron chi connectivity index (χ0n) is 11.4. The fourth-order valence-electron chi connectivity index (χ4n) is 3.47. The second-order valence-electron chi connectivity index (χ2n) is 6.15. The second kappa shape index (κ2) is 4.11. The molecule has 0 radical (unpaired) electrons. The quantitative estimate of drug-likeness (QED) is 0.847. The van der Waals surface area contributed by atoms with Crippen molar-refractivity contribution in [2.75, 3.05) is 7.11 Å². The molecule has 2 rings (SSSR count). The Kier molecular flexibility index (Phi) is 3.04. The highest BCUT2D eigenvalue weighted by Crippen LogP contribution is 2.48. The van der Waals surface area contributed by atoms with Crippen molar-refractivity contribution in [2.45, 2.75) is 45.4 Å². The van der Waals surface area contributed by atoms with Gasteiger partial charge in [0, 0.05) is 24.1 Å². The molecule has 0 spiro atoms. The van der Waals surface area contributed by atoms with Gasteiger partial charge < -0.3 is 10.1 Å². The third kappa shape index (κ3) is 2.00. The molecular weight excluding hydrogens is 210 g/mol. The first-order valence-corrected chi connectivity index (χ1v) is 6.25. The summed E-state index contributed by atoms with van der Waals surface area (Å²) in [5.74, 6) is 0. The van der Waals surface area contributed by atoms with Gasteiger partial charge >= 0.3 is 0 Å². The van der Waals surface area contributed by atoms with E-state index in [2.05, 4.69) is 63.3 Å². The van der Waals surface area contributed by atoms with Gasteiger partial charge in [0.2, 0.25) is 0 Å². The highest BCUT2D eigenvalue weighted by atomic mass is 16.5. The van der Waals surface area contributed by atoms with E-state index in [1.54, 1.807) is 0 Å². The van der Waals surface area contributed by atoms with E-state index in [0.717, 1.165) is 0 Å². The molecule has 1 aliphatic heterocycles. The maximum absolute atomic E-state index is 5.73. The van der Waals surface area contributed by atoms with Crippen LogP contribution in [0.2, 0.25) is 0 Å². The zero-order valence-corrected chi connectivity index (χ0v) is 11.4. The monoisotopic (exact) mass is 233 g/mol. The van der Waals surface area contributed by atoms with Crippen molar-refractivity contribution in [3.63, 3.8) is 0 Å². The summed E-state index contributed by atoms with van der Waals surface area (Å²) in [6, 6.07) is 11.0. The Morgan fingerprint density at radius 1 is 1.06 bits per heavy atom. The molecule has 0 bridgehead atoms. The van der Waals surface area contributed by atoms with Gasteiger partial charge in [0.05, 0.1) is 6.10 Å². The Hall–Kier alpha value is -0.860. The summed E-state index contributed by atoms with van der Waals surface area (Å²) < 4.78 is 5.73. The van der Waals surface area contributed by atoms with Crippen LogP contribution in [-0.4, -0.2) is 18.8 Å². The Balaban J connectivity index is 2.38. The van der Waals surface area contributed by atoms with E-state index in [9.17, 15) is 0 Å². The van der Waals surface area contributed by atoms with E-state index in [4.69, 9.17) is 4.74 Å². The van der Waals surface area contributed by atoms with Crippen LogP contribution in [-0.2, 0) is 4.74 Å². The lowest BCUT2D eigenvalue weighted by molar-refractivity contribution is -0.00607. The van der Waals surface area contributed by atoms with Gasteiger partial charge in [-0.15, -0.1) is 0 Å². The fourth-order valence-corrected chi connectivity index (χ4v) is 3.47. The fraction of sp³-hybridized carbons (Fsp3) is 0.600. The number of methoxy groups -OCH3 is 1. The van der Waals surface area contributed by atoms with Gasteiger partial charge in [0.15, 0.2) is 0 Å². The van der Waals surface area contributed by atoms with Crippen LogP contribution in [0.4, 0.5) is 0 Å². The smallest absolute Gasteiger partial charge is 0.0816 e. The van der Waals surface area contributed by atoms with Crippen LogP contribution in [0.1, 0.15) is 39.3 Å². The molecule has 1 aliphatic rings. The minimum absolute atomic E-state index is 0.00123. The molecule has 1 fully saturated rings. The van der Waals surface area contributed by atoms with Crippen LogP contribution in [0, 0.1) is 5.41 Å². The molecule has 0 saturated carbocycles. The molecule has 2 unspecified atom stereocenters. The van der Waals surface area contributed by atoms with Gasteiger partial charge in [-0.05, 0) is 19.4 Å². The van der Waals surface area contributed by atoms with E-state index >= 15 is 0 Å². The number of hydrogen-bond donors (Lipinski definition) is 1. The van der Waals surface area contributed by atoms with Crippen LogP contribution in [0.25, 0.3) is 0 Å². The molecule has 1 aromatic rings. The third-order valence-corrected chi connectivity index (χ3v) is 3.96. The van der Waals surface area contributed by atoms with Gasteiger partial charge in [-0.3, -0.25) is 0 Å². The summed E-state index contributed by atoms with van der Waals surface area (Å²) in [4.78, 5) is 0. The summed E-state index contributed by atoms with van der Waals surface area (Å²) in [7, 11) is 1.81. The summed E-state index contributed by atoms with van der Waals surface area (Å²) in [5.41, 5.74) is 1.42. The molecule has 2 atom stereocenters. The average molecular weight is 233 g/mol. The molecule has 1 saturated heterocycles. The lowest BCUT2D eigenvalue weighted by Crippen LogP contribution is -2.44. The molecule has 1 N–H and O–H groups in total. The first-order chi connectivity index (χ1) is 7.89. The average Bonchev–Trinajstić information content (AvgIpc) is 2.45. The molecule has 1 heterocycles. The number of nitrogens with one attached hydrogen (secondary N) is 1. The molecule has 2 heteroatoms. The zero-order chi connectivity index (χ0) is 12.7. The lowest BCUT2D eigenvalue weighted by atomic mass is 9.76. The molecular formula is C15H23NO. The molecule has 0 amide bonds. The van der Waals surface area contributed by atoms with Gasteiger partial charge in [-0.2, -0.15) is 0 Å². The van der Waals surface area contributed by atoms with Crippen molar-refractivity contribution in [2.24, 2.45) is 5.41 Å². The Labute approximate surface area is 104 Å². The van der Waals surface area contributed by atoms with Crippen molar-refractivity contribution in [1.82, 2.24) is 5.32 Å². The molecule has 94 valence electrons. The van der Waals surface area contributed by atoms with Crippen molar-refractivity contribution >= 4 is 0 Å². The van der Waals surface area contributed by atoms with E-state index in [0.29, 0.717) is 6.04 Å². The Morgan fingerprint density at radius 2 is 1.65 bits per heavy atom. The molecule has 1 aromatic carbocycles. The van der Waals surface area contributed by atoms with Crippen LogP contribution in [0.15, 0.2) is 30.3 Å². The van der Waals surface area contributed by atoms with Gasteiger partial charge in [0.25, 0.3) is 0 Å². The first-order valence-electron chi connectivity index (χ1n) is 6.25. The van der Waals surface area contributed by atoms with E-state index in [1.165, 1.54) is 5.56 Å². The maximum Gasteiger partial charge on any atom is 0.0816 e. The van der Waals surface area contributed by atoms with Crippen molar-refractivity contribution < 1.29 is 4.74 Å². The molecule has 17 heavy (non-hydrogen) atoms. The number of ether oxygens (including phenoxy) is 1. The topological polar surface area (TPSA) is 21.3 Å². The molecule has 0 aromatic heterocycles. The highest BCUT2D eigenvalue weighted by Gasteiger charge is 2.53. The van der Waals surface area contributed by atoms with Crippen LogP contribution < -0.4 is 5.32 Å². The predicted octanol–water partition coefficient (Wildman–Crippen LogP) is 3.15. The van der Waals surface area contributed by atoms with Gasteiger partial charge in [0.1, 0.15) is 0 Å². The number of rotatable bonds is 2. The van der Waals surface area contributed by atoms with Crippen molar-refractivity contribution in [3.8, 4) is 0 Å². The third-order valence-electron chi connectivity index (χ3n) is 3.96. The predicted molar refractivity (Wildman–Crippen MR) is 71.0 cm³/mol. The Bertz CT molecular complexity index is 383. The highest BCUT2D eigenvalue weighted by molar-refractivity contribution is 5.26. The van der Waals surface area contributed by atoms with E-state index in [1.807, 2.05) is 7.11 Å². The van der Waals surface area contributed by atoms with Crippen LogP contribution >= 0.6 is 0 Å². The number of benzene rings is 1. The van der Waals surface area contributed by atoms with E-state index < -0.39 is 0 Å². The largest absolute Gasteiger partial charge is 0.379 e. The van der Waals surface area contributed by atoms with Crippen LogP contribution in [0.5, 0.6) is 0 Å². The van der Waals surface area contributed by atoms with Crippen molar-refractivity contribution in [3.05, 3.63) is 35.9 Å². The molecule has 2 nitrogen and oxygen atoms in total. The summed E-state index contributed by atoms with van der Waals surface area (Å²) in [5, 5.41) is 3.71. The Morgan fingerprint density at radius 3 is 2.12 bits per heavy atom.